The van der Waals surface area contributed by atoms with Gasteiger partial charge in [-0.25, -0.2) is 4.68 Å². The predicted octanol–water partition coefficient (Wildman–Crippen LogP) is 1.93. The van der Waals surface area contributed by atoms with Crippen molar-refractivity contribution in [1.82, 2.24) is 30.1 Å². The lowest BCUT2D eigenvalue weighted by Crippen LogP contribution is -2.26. The van der Waals surface area contributed by atoms with Crippen LogP contribution in [0.25, 0.3) is 0 Å². The van der Waals surface area contributed by atoms with E-state index in [9.17, 15) is 0 Å². The molecule has 21 heavy (non-hydrogen) atoms. The molecule has 1 unspecified atom stereocenters. The normalized spacial score (nSPS) is 12.8. The quantitative estimate of drug-likeness (QED) is 0.846. The highest BCUT2D eigenvalue weighted by atomic mass is 15.4. The van der Waals surface area contributed by atoms with Crippen molar-refractivity contribution in [3.8, 4) is 0 Å². The van der Waals surface area contributed by atoms with Crippen LogP contribution in [0, 0.1) is 13.8 Å². The summed E-state index contributed by atoms with van der Waals surface area (Å²) in [6.07, 6.45) is 3.85. The Morgan fingerprint density at radius 1 is 1.29 bits per heavy atom. The molecule has 0 saturated carbocycles. The second-order valence-corrected chi connectivity index (χ2v) is 5.47. The third-order valence-corrected chi connectivity index (χ3v) is 3.96. The maximum absolute atomic E-state index is 4.51. The van der Waals surface area contributed by atoms with Crippen LogP contribution in [0.5, 0.6) is 0 Å². The highest BCUT2D eigenvalue weighted by Crippen LogP contribution is 2.22. The third-order valence-electron chi connectivity index (χ3n) is 3.96. The molecule has 0 aliphatic rings. The lowest BCUT2D eigenvalue weighted by atomic mass is 10.0. The van der Waals surface area contributed by atoms with Crippen LogP contribution in [0.2, 0.25) is 0 Å². The molecule has 2 aromatic heterocycles. The van der Waals surface area contributed by atoms with Crippen LogP contribution < -0.4 is 5.32 Å². The number of nitrogens with zero attached hydrogens (tertiary/aromatic N) is 5. The topological polar surface area (TPSA) is 60.6 Å². The van der Waals surface area contributed by atoms with Gasteiger partial charge in [0, 0.05) is 19.3 Å². The van der Waals surface area contributed by atoms with Gasteiger partial charge >= 0.3 is 0 Å². The minimum atomic E-state index is 0.221. The molecular formula is C15H26N6. The fourth-order valence-electron chi connectivity index (χ4n) is 2.77. The summed E-state index contributed by atoms with van der Waals surface area (Å²) in [5, 5.41) is 16.4. The molecule has 2 rings (SSSR count). The van der Waals surface area contributed by atoms with E-state index >= 15 is 0 Å². The number of aromatic nitrogens is 5. The van der Waals surface area contributed by atoms with Gasteiger partial charge in [-0.1, -0.05) is 19.1 Å². The van der Waals surface area contributed by atoms with E-state index in [0.29, 0.717) is 0 Å². The van der Waals surface area contributed by atoms with Crippen molar-refractivity contribution in [3.63, 3.8) is 0 Å². The summed E-state index contributed by atoms with van der Waals surface area (Å²) >= 11 is 0. The van der Waals surface area contributed by atoms with Crippen molar-refractivity contribution in [2.24, 2.45) is 7.05 Å². The summed E-state index contributed by atoms with van der Waals surface area (Å²) in [5.41, 5.74) is 4.80. The zero-order chi connectivity index (χ0) is 15.4. The second kappa shape index (κ2) is 6.85. The Labute approximate surface area is 126 Å². The van der Waals surface area contributed by atoms with Crippen molar-refractivity contribution >= 4 is 0 Å². The number of nitrogens with one attached hydrogen (secondary N) is 1. The van der Waals surface area contributed by atoms with Gasteiger partial charge in [0.15, 0.2) is 0 Å². The summed E-state index contributed by atoms with van der Waals surface area (Å²) in [6, 6.07) is 0.221. The Bertz CT molecular complexity index is 583. The monoisotopic (exact) mass is 290 g/mol. The number of rotatable bonds is 7. The van der Waals surface area contributed by atoms with Gasteiger partial charge < -0.3 is 5.32 Å². The molecule has 0 saturated heterocycles. The van der Waals surface area contributed by atoms with E-state index in [4.69, 9.17) is 0 Å². The molecule has 0 radical (unpaired) electrons. The van der Waals surface area contributed by atoms with Crippen LogP contribution >= 0.6 is 0 Å². The lowest BCUT2D eigenvalue weighted by Gasteiger charge is -2.19. The van der Waals surface area contributed by atoms with Crippen molar-refractivity contribution in [1.29, 1.82) is 0 Å². The van der Waals surface area contributed by atoms with Crippen LogP contribution in [-0.2, 0) is 20.0 Å². The van der Waals surface area contributed by atoms with Gasteiger partial charge in [-0.2, -0.15) is 5.10 Å². The van der Waals surface area contributed by atoms with Crippen molar-refractivity contribution in [2.45, 2.75) is 53.1 Å². The summed E-state index contributed by atoms with van der Waals surface area (Å²) in [6.45, 7) is 10.3. The van der Waals surface area contributed by atoms with Gasteiger partial charge in [-0.3, -0.25) is 4.68 Å². The number of likely N-dealkylation sites (N-methyl/N-ethyl adjacent to an activating group) is 1. The van der Waals surface area contributed by atoms with E-state index in [2.05, 4.69) is 48.4 Å². The molecule has 0 fully saturated rings. The summed E-state index contributed by atoms with van der Waals surface area (Å²) in [5.74, 6) is 0. The number of hydrogen-bond acceptors (Lipinski definition) is 4. The molecule has 0 aromatic carbocycles. The Morgan fingerprint density at radius 3 is 2.62 bits per heavy atom. The lowest BCUT2D eigenvalue weighted by molar-refractivity contribution is 0.472. The van der Waals surface area contributed by atoms with Crippen LogP contribution in [-0.4, -0.2) is 31.3 Å². The SMILES string of the molecule is CCCn1nncc1C(Cc1c(C)nn(C)c1C)NCC. The van der Waals surface area contributed by atoms with E-state index < -0.39 is 0 Å². The minimum absolute atomic E-state index is 0.221. The number of aryl methyl sites for hydroxylation is 3. The Morgan fingerprint density at radius 2 is 2.05 bits per heavy atom. The van der Waals surface area contributed by atoms with Gasteiger partial charge in [0.25, 0.3) is 0 Å². The van der Waals surface area contributed by atoms with E-state index in [1.165, 1.54) is 11.3 Å². The van der Waals surface area contributed by atoms with Crippen molar-refractivity contribution in [2.75, 3.05) is 6.54 Å². The largest absolute Gasteiger partial charge is 0.309 e. The fourth-order valence-corrected chi connectivity index (χ4v) is 2.77. The molecule has 2 aromatic rings. The van der Waals surface area contributed by atoms with E-state index in [1.807, 2.05) is 22.6 Å². The molecule has 6 heteroatoms. The third kappa shape index (κ3) is 3.32. The first kappa shape index (κ1) is 15.7. The molecule has 0 amide bonds. The maximum Gasteiger partial charge on any atom is 0.0759 e. The first-order valence-corrected chi connectivity index (χ1v) is 7.69. The Balaban J connectivity index is 2.28. The zero-order valence-electron chi connectivity index (χ0n) is 13.7. The molecule has 0 aliphatic carbocycles. The first-order valence-electron chi connectivity index (χ1n) is 7.69. The highest BCUT2D eigenvalue weighted by Gasteiger charge is 2.20. The second-order valence-electron chi connectivity index (χ2n) is 5.47. The highest BCUT2D eigenvalue weighted by molar-refractivity contribution is 5.26. The standard InChI is InChI=1S/C15H26N6/c1-6-8-21-15(10-17-19-21)14(16-7-2)9-13-11(3)18-20(5)12(13)4/h10,14,16H,6-9H2,1-5H3. The molecule has 1 atom stereocenters. The van der Waals surface area contributed by atoms with Gasteiger partial charge in [-0.05, 0) is 38.8 Å². The van der Waals surface area contributed by atoms with Crippen LogP contribution in [0.4, 0.5) is 0 Å². The average molecular weight is 290 g/mol. The summed E-state index contributed by atoms with van der Waals surface area (Å²) in [4.78, 5) is 0. The average Bonchev–Trinajstić information content (AvgIpc) is 2.99. The Hall–Kier alpha value is -1.69. The molecule has 0 aliphatic heterocycles. The summed E-state index contributed by atoms with van der Waals surface area (Å²) in [7, 11) is 2.00. The van der Waals surface area contributed by atoms with Crippen molar-refractivity contribution in [3.05, 3.63) is 28.8 Å². The van der Waals surface area contributed by atoms with Crippen LogP contribution in [0.3, 0.4) is 0 Å². The zero-order valence-corrected chi connectivity index (χ0v) is 13.7. The van der Waals surface area contributed by atoms with Gasteiger partial charge in [0.2, 0.25) is 0 Å². The molecular weight excluding hydrogens is 264 g/mol. The predicted molar refractivity (Wildman–Crippen MR) is 83.1 cm³/mol. The van der Waals surface area contributed by atoms with E-state index in [-0.39, 0.29) is 6.04 Å². The first-order chi connectivity index (χ1) is 10.1. The molecule has 0 spiro atoms. The van der Waals surface area contributed by atoms with E-state index in [0.717, 1.165) is 37.3 Å². The summed E-state index contributed by atoms with van der Waals surface area (Å²) < 4.78 is 3.96. The molecule has 116 valence electrons. The molecule has 2 heterocycles. The van der Waals surface area contributed by atoms with Gasteiger partial charge in [0.05, 0.1) is 23.6 Å². The van der Waals surface area contributed by atoms with Crippen LogP contribution in [0.1, 0.15) is 49.0 Å². The molecule has 1 N–H and O–H groups in total. The Kier molecular flexibility index (Phi) is 5.12. The molecule has 6 nitrogen and oxygen atoms in total. The maximum atomic E-state index is 4.51. The smallest absolute Gasteiger partial charge is 0.0759 e. The molecule has 0 bridgehead atoms. The number of hydrogen-bond donors (Lipinski definition) is 1. The van der Waals surface area contributed by atoms with E-state index in [1.54, 1.807) is 0 Å². The van der Waals surface area contributed by atoms with Gasteiger partial charge in [-0.15, -0.1) is 5.10 Å². The van der Waals surface area contributed by atoms with Gasteiger partial charge in [0.1, 0.15) is 0 Å². The van der Waals surface area contributed by atoms with Crippen LogP contribution in [0.15, 0.2) is 6.20 Å². The fraction of sp³-hybridized carbons (Fsp3) is 0.667. The minimum Gasteiger partial charge on any atom is -0.309 e. The van der Waals surface area contributed by atoms with Crippen molar-refractivity contribution < 1.29 is 0 Å².